The van der Waals surface area contributed by atoms with E-state index < -0.39 is 0 Å². The lowest BCUT2D eigenvalue weighted by Crippen LogP contribution is -2.30. The molecule has 6 heteroatoms. The van der Waals surface area contributed by atoms with Gasteiger partial charge in [-0.3, -0.25) is 9.48 Å². The van der Waals surface area contributed by atoms with Crippen LogP contribution in [-0.4, -0.2) is 35.4 Å². The summed E-state index contributed by atoms with van der Waals surface area (Å²) in [4.78, 5) is 12.4. The first kappa shape index (κ1) is 17.3. The lowest BCUT2D eigenvalue weighted by Gasteiger charge is -2.14. The highest BCUT2D eigenvalue weighted by Crippen LogP contribution is 2.30. The Labute approximate surface area is 148 Å². The topological polar surface area (TPSA) is 65.4 Å². The molecule has 3 rings (SSSR count). The maximum Gasteiger partial charge on any atom is 0.251 e. The Kier molecular flexibility index (Phi) is 5.26. The number of hydrogen-bond donors (Lipinski definition) is 1. The van der Waals surface area contributed by atoms with Gasteiger partial charge in [-0.05, 0) is 44.0 Å². The van der Waals surface area contributed by atoms with Crippen LogP contribution in [0.3, 0.4) is 0 Å². The molecule has 1 atom stereocenters. The van der Waals surface area contributed by atoms with Gasteiger partial charge in [-0.1, -0.05) is 6.92 Å². The first-order valence-corrected chi connectivity index (χ1v) is 8.72. The molecule has 1 aromatic carbocycles. The second-order valence-electron chi connectivity index (χ2n) is 6.64. The molecule has 25 heavy (non-hydrogen) atoms. The van der Waals surface area contributed by atoms with Gasteiger partial charge < -0.3 is 14.8 Å². The van der Waals surface area contributed by atoms with Crippen molar-refractivity contribution in [3.8, 4) is 11.5 Å². The van der Waals surface area contributed by atoms with Gasteiger partial charge in [-0.25, -0.2) is 0 Å². The third kappa shape index (κ3) is 4.32. The Morgan fingerprint density at radius 2 is 2.00 bits per heavy atom. The van der Waals surface area contributed by atoms with Gasteiger partial charge in [0.1, 0.15) is 0 Å². The summed E-state index contributed by atoms with van der Waals surface area (Å²) in [7, 11) is 0. The molecule has 2 heterocycles. The van der Waals surface area contributed by atoms with Crippen LogP contribution in [0.4, 0.5) is 0 Å². The second-order valence-corrected chi connectivity index (χ2v) is 6.64. The van der Waals surface area contributed by atoms with Crippen molar-refractivity contribution >= 4 is 5.91 Å². The van der Waals surface area contributed by atoms with Crippen molar-refractivity contribution in [1.29, 1.82) is 0 Å². The number of amides is 1. The fourth-order valence-corrected chi connectivity index (χ4v) is 2.89. The van der Waals surface area contributed by atoms with Gasteiger partial charge in [0, 0.05) is 30.8 Å². The molecule has 0 bridgehead atoms. The minimum atomic E-state index is -0.101. The van der Waals surface area contributed by atoms with E-state index in [1.807, 2.05) is 18.5 Å². The van der Waals surface area contributed by atoms with Gasteiger partial charge >= 0.3 is 0 Å². The molecule has 0 saturated heterocycles. The molecule has 1 N–H and O–H groups in total. The standard InChI is InChI=1S/C19H25N3O3/c1-13(12-22-15(3)9-14(2)21-22)11-20-19(23)16-5-6-17-18(10-16)25-8-4-7-24-17/h5-6,9-10,13H,4,7-8,11-12H2,1-3H3,(H,20,23)/t13-/m1/s1. The Balaban J connectivity index is 1.57. The van der Waals surface area contributed by atoms with Crippen LogP contribution in [-0.2, 0) is 6.54 Å². The van der Waals surface area contributed by atoms with Gasteiger partial charge in [0.05, 0.1) is 18.9 Å². The third-order valence-corrected chi connectivity index (χ3v) is 4.21. The Bertz CT molecular complexity index is 754. The van der Waals surface area contributed by atoms with E-state index in [9.17, 15) is 4.79 Å². The van der Waals surface area contributed by atoms with E-state index in [1.165, 1.54) is 0 Å². The van der Waals surface area contributed by atoms with Crippen LogP contribution in [0.25, 0.3) is 0 Å². The number of rotatable bonds is 5. The number of carbonyl (C=O) groups excluding carboxylic acids is 1. The van der Waals surface area contributed by atoms with Gasteiger partial charge in [0.15, 0.2) is 11.5 Å². The second kappa shape index (κ2) is 7.59. The normalized spacial score (nSPS) is 14.7. The summed E-state index contributed by atoms with van der Waals surface area (Å²) < 4.78 is 13.2. The van der Waals surface area contributed by atoms with Crippen LogP contribution in [0.15, 0.2) is 24.3 Å². The van der Waals surface area contributed by atoms with Crippen molar-refractivity contribution < 1.29 is 14.3 Å². The number of aryl methyl sites for hydroxylation is 2. The first-order chi connectivity index (χ1) is 12.0. The summed E-state index contributed by atoms with van der Waals surface area (Å²) in [6, 6.07) is 7.38. The Morgan fingerprint density at radius 1 is 1.24 bits per heavy atom. The third-order valence-electron chi connectivity index (χ3n) is 4.21. The number of nitrogens with zero attached hydrogens (tertiary/aromatic N) is 2. The zero-order valence-corrected chi connectivity index (χ0v) is 15.0. The number of fused-ring (bicyclic) bond motifs is 1. The van der Waals surface area contributed by atoms with Gasteiger partial charge in [0.25, 0.3) is 5.91 Å². The summed E-state index contributed by atoms with van der Waals surface area (Å²) in [5.74, 6) is 1.52. The molecule has 1 aliphatic rings. The average molecular weight is 343 g/mol. The van der Waals surface area contributed by atoms with E-state index in [-0.39, 0.29) is 11.8 Å². The lowest BCUT2D eigenvalue weighted by molar-refractivity contribution is 0.0946. The molecule has 0 saturated carbocycles. The van der Waals surface area contributed by atoms with Crippen LogP contribution in [0, 0.1) is 19.8 Å². The van der Waals surface area contributed by atoms with Gasteiger partial charge in [-0.15, -0.1) is 0 Å². The summed E-state index contributed by atoms with van der Waals surface area (Å²) in [6.45, 7) is 8.75. The van der Waals surface area contributed by atoms with E-state index in [1.54, 1.807) is 18.2 Å². The predicted octanol–water partition coefficient (Wildman–Crippen LogP) is 2.73. The summed E-state index contributed by atoms with van der Waals surface area (Å²) in [6.07, 6.45) is 0.847. The average Bonchev–Trinajstić information content (AvgIpc) is 2.78. The van der Waals surface area contributed by atoms with Crippen LogP contribution in [0.5, 0.6) is 11.5 Å². The smallest absolute Gasteiger partial charge is 0.251 e. The van der Waals surface area contributed by atoms with Crippen LogP contribution in [0.2, 0.25) is 0 Å². The van der Waals surface area contributed by atoms with E-state index in [4.69, 9.17) is 9.47 Å². The van der Waals surface area contributed by atoms with Crippen molar-refractivity contribution in [2.45, 2.75) is 33.7 Å². The quantitative estimate of drug-likeness (QED) is 0.906. The van der Waals surface area contributed by atoms with E-state index in [0.29, 0.717) is 36.8 Å². The highest BCUT2D eigenvalue weighted by Gasteiger charge is 2.15. The van der Waals surface area contributed by atoms with Crippen molar-refractivity contribution in [3.63, 3.8) is 0 Å². The highest BCUT2D eigenvalue weighted by molar-refractivity contribution is 5.94. The molecule has 0 unspecified atom stereocenters. The minimum Gasteiger partial charge on any atom is -0.490 e. The molecule has 0 aliphatic carbocycles. The van der Waals surface area contributed by atoms with Gasteiger partial charge in [0.2, 0.25) is 0 Å². The van der Waals surface area contributed by atoms with Crippen molar-refractivity contribution in [2.24, 2.45) is 5.92 Å². The molecule has 1 aromatic heterocycles. The number of nitrogens with one attached hydrogen (secondary N) is 1. The van der Waals surface area contributed by atoms with Crippen molar-refractivity contribution in [2.75, 3.05) is 19.8 Å². The molecule has 6 nitrogen and oxygen atoms in total. The number of carbonyl (C=O) groups is 1. The zero-order chi connectivity index (χ0) is 17.8. The first-order valence-electron chi connectivity index (χ1n) is 8.72. The van der Waals surface area contributed by atoms with Crippen LogP contribution in [0.1, 0.15) is 35.1 Å². The molecule has 0 radical (unpaired) electrons. The molecule has 2 aromatic rings. The zero-order valence-electron chi connectivity index (χ0n) is 15.0. The highest BCUT2D eigenvalue weighted by atomic mass is 16.5. The van der Waals surface area contributed by atoms with Gasteiger partial charge in [-0.2, -0.15) is 5.10 Å². The monoisotopic (exact) mass is 343 g/mol. The minimum absolute atomic E-state index is 0.101. The number of ether oxygens (including phenoxy) is 2. The molecule has 1 amide bonds. The summed E-state index contributed by atoms with van der Waals surface area (Å²) in [5, 5.41) is 7.46. The lowest BCUT2D eigenvalue weighted by atomic mass is 10.1. The fourth-order valence-electron chi connectivity index (χ4n) is 2.89. The Morgan fingerprint density at radius 3 is 2.72 bits per heavy atom. The predicted molar refractivity (Wildman–Crippen MR) is 95.2 cm³/mol. The van der Waals surface area contributed by atoms with Crippen molar-refractivity contribution in [3.05, 3.63) is 41.2 Å². The number of aromatic nitrogens is 2. The molecule has 0 spiro atoms. The molecular weight excluding hydrogens is 318 g/mol. The number of hydrogen-bond acceptors (Lipinski definition) is 4. The molecule has 1 aliphatic heterocycles. The van der Waals surface area contributed by atoms with E-state index in [2.05, 4.69) is 23.4 Å². The fraction of sp³-hybridized carbons (Fsp3) is 0.474. The maximum absolute atomic E-state index is 12.4. The van der Waals surface area contributed by atoms with Crippen LogP contribution >= 0.6 is 0 Å². The van der Waals surface area contributed by atoms with Crippen LogP contribution < -0.4 is 14.8 Å². The summed E-state index contributed by atoms with van der Waals surface area (Å²) >= 11 is 0. The van der Waals surface area contributed by atoms with E-state index in [0.717, 1.165) is 24.4 Å². The largest absolute Gasteiger partial charge is 0.490 e. The molecule has 0 fully saturated rings. The molecule has 134 valence electrons. The Hall–Kier alpha value is -2.50. The maximum atomic E-state index is 12.4. The van der Waals surface area contributed by atoms with E-state index >= 15 is 0 Å². The SMILES string of the molecule is Cc1cc(C)n(C[C@H](C)CNC(=O)c2ccc3c(c2)OCCCO3)n1. The molecular formula is C19H25N3O3. The van der Waals surface area contributed by atoms with Crippen molar-refractivity contribution in [1.82, 2.24) is 15.1 Å². The number of benzene rings is 1. The summed E-state index contributed by atoms with van der Waals surface area (Å²) in [5.41, 5.74) is 2.74.